The highest BCUT2D eigenvalue weighted by molar-refractivity contribution is 5.93. The van der Waals surface area contributed by atoms with Gasteiger partial charge in [-0.05, 0) is 42.7 Å². The average molecular weight is 502 g/mol. The fourth-order valence-corrected chi connectivity index (χ4v) is 3.89. The van der Waals surface area contributed by atoms with Gasteiger partial charge in [0, 0.05) is 30.1 Å². The van der Waals surface area contributed by atoms with Crippen LogP contribution in [0.15, 0.2) is 77.6 Å². The van der Waals surface area contributed by atoms with Gasteiger partial charge in [0.05, 0.1) is 11.4 Å². The normalized spacial score (nSPS) is 14.6. The zero-order chi connectivity index (χ0) is 26.0. The summed E-state index contributed by atoms with van der Waals surface area (Å²) in [6.45, 7) is 0.428. The van der Waals surface area contributed by atoms with Gasteiger partial charge in [-0.1, -0.05) is 41.6 Å². The average Bonchev–Trinajstić information content (AvgIpc) is 3.56. The van der Waals surface area contributed by atoms with Crippen LogP contribution in [0.3, 0.4) is 0 Å². The monoisotopic (exact) mass is 501 g/mol. The van der Waals surface area contributed by atoms with Crippen LogP contribution in [0.25, 0.3) is 22.8 Å². The molecule has 1 aliphatic carbocycles. The van der Waals surface area contributed by atoms with Gasteiger partial charge < -0.3 is 15.4 Å². The van der Waals surface area contributed by atoms with Crippen LogP contribution in [0.4, 0.5) is 10.1 Å². The summed E-state index contributed by atoms with van der Waals surface area (Å²) < 4.78 is 20.0. The van der Waals surface area contributed by atoms with Crippen molar-refractivity contribution in [3.05, 3.63) is 95.9 Å². The van der Waals surface area contributed by atoms with Gasteiger partial charge in [-0.15, -0.1) is 0 Å². The summed E-state index contributed by atoms with van der Waals surface area (Å²) in [6.07, 6.45) is 4.38. The van der Waals surface area contributed by atoms with E-state index in [1.807, 2.05) is 24.3 Å². The summed E-state index contributed by atoms with van der Waals surface area (Å²) in [5.74, 6) is 5.28. The van der Waals surface area contributed by atoms with E-state index in [1.54, 1.807) is 36.7 Å². The lowest BCUT2D eigenvalue weighted by atomic mass is 10.1. The Morgan fingerprint density at radius 1 is 1.11 bits per heavy atom. The Bertz CT molecular complexity index is 1450. The molecule has 2 aromatic carbocycles. The molecule has 11 heteroatoms. The highest BCUT2D eigenvalue weighted by atomic mass is 19.1. The number of hydrogen-bond acceptors (Lipinski definition) is 9. The van der Waals surface area contributed by atoms with Crippen molar-refractivity contribution in [3.63, 3.8) is 0 Å². The zero-order valence-corrected chi connectivity index (χ0v) is 19.6. The lowest BCUT2D eigenvalue weighted by molar-refractivity contribution is -0.140. The molecule has 1 saturated carbocycles. The Hall–Kier alpha value is -4.61. The SMILES string of the molecule is N/C(=C(/c1ccncc1)N(N)c1ccccc1F)c1nc(-c2ccc(CNC3(C(=O)O)CC3)cc2)no1. The Kier molecular flexibility index (Phi) is 6.38. The highest BCUT2D eigenvalue weighted by Gasteiger charge is 2.49. The van der Waals surface area contributed by atoms with E-state index in [2.05, 4.69) is 20.4 Å². The lowest BCUT2D eigenvalue weighted by Gasteiger charge is -2.23. The van der Waals surface area contributed by atoms with Gasteiger partial charge in [-0.3, -0.25) is 20.1 Å². The number of carboxylic acid groups (broad SMARTS) is 1. The standard InChI is InChI=1S/C26H24FN7O3/c27-19-3-1-2-4-20(19)34(29)22(17-9-13-30-14-10-17)21(28)24-32-23(33-37-24)18-7-5-16(6-8-18)15-31-26(11-12-26)25(35)36/h1-10,13-14,31H,11-12,15,28-29H2,(H,35,36)/b22-21-. The summed E-state index contributed by atoms with van der Waals surface area (Å²) >= 11 is 0. The molecule has 4 aromatic rings. The van der Waals surface area contributed by atoms with Crippen LogP contribution in [0, 0.1) is 5.82 Å². The van der Waals surface area contributed by atoms with E-state index in [0.29, 0.717) is 36.3 Å². The molecule has 5 rings (SSSR count). The molecule has 0 spiro atoms. The predicted octanol–water partition coefficient (Wildman–Crippen LogP) is 3.14. The minimum Gasteiger partial charge on any atom is -0.480 e. The minimum atomic E-state index is -0.828. The third kappa shape index (κ3) is 4.90. The Morgan fingerprint density at radius 2 is 1.81 bits per heavy atom. The number of hydrazine groups is 1. The van der Waals surface area contributed by atoms with Gasteiger partial charge in [0.1, 0.15) is 17.1 Å². The molecule has 10 nitrogen and oxygen atoms in total. The number of carbonyl (C=O) groups is 1. The fraction of sp³-hybridized carbons (Fsp3) is 0.154. The van der Waals surface area contributed by atoms with Crippen LogP contribution >= 0.6 is 0 Å². The minimum absolute atomic E-state index is 0.0106. The van der Waals surface area contributed by atoms with Crippen molar-refractivity contribution < 1.29 is 18.8 Å². The molecule has 188 valence electrons. The van der Waals surface area contributed by atoms with Crippen LogP contribution in [0.5, 0.6) is 0 Å². The number of aliphatic carboxylic acids is 1. The molecule has 0 unspecified atom stereocenters. The van der Waals surface area contributed by atoms with Gasteiger partial charge in [0.15, 0.2) is 0 Å². The maximum atomic E-state index is 14.5. The quantitative estimate of drug-likeness (QED) is 0.198. The van der Waals surface area contributed by atoms with Crippen molar-refractivity contribution in [2.75, 3.05) is 5.01 Å². The van der Waals surface area contributed by atoms with Crippen LogP contribution in [-0.2, 0) is 11.3 Å². The summed E-state index contributed by atoms with van der Waals surface area (Å²) in [5, 5.41) is 17.6. The Morgan fingerprint density at radius 3 is 2.46 bits per heavy atom. The van der Waals surface area contributed by atoms with Crippen LogP contribution < -0.4 is 21.9 Å². The molecular weight excluding hydrogens is 477 g/mol. The summed E-state index contributed by atoms with van der Waals surface area (Å²) in [6, 6.07) is 16.8. The Balaban J connectivity index is 1.42. The zero-order valence-electron chi connectivity index (χ0n) is 19.6. The second kappa shape index (κ2) is 9.80. The van der Waals surface area contributed by atoms with Crippen molar-refractivity contribution in [2.45, 2.75) is 24.9 Å². The van der Waals surface area contributed by atoms with Crippen molar-refractivity contribution in [3.8, 4) is 11.4 Å². The van der Waals surface area contributed by atoms with Crippen molar-refractivity contribution in [2.24, 2.45) is 11.6 Å². The predicted molar refractivity (Wildman–Crippen MR) is 134 cm³/mol. The number of halogens is 1. The summed E-state index contributed by atoms with van der Waals surface area (Å²) in [4.78, 5) is 19.8. The molecule has 6 N–H and O–H groups in total. The van der Waals surface area contributed by atoms with E-state index in [1.165, 1.54) is 12.1 Å². The van der Waals surface area contributed by atoms with Crippen LogP contribution in [-0.4, -0.2) is 31.7 Å². The number of benzene rings is 2. The molecule has 0 amide bonds. The van der Waals surface area contributed by atoms with Gasteiger partial charge in [0.25, 0.3) is 5.89 Å². The van der Waals surface area contributed by atoms with Crippen LogP contribution in [0.1, 0.15) is 29.9 Å². The highest BCUT2D eigenvalue weighted by Crippen LogP contribution is 2.36. The molecule has 0 aliphatic heterocycles. The largest absolute Gasteiger partial charge is 0.480 e. The molecule has 0 atom stereocenters. The van der Waals surface area contributed by atoms with E-state index < -0.39 is 17.3 Å². The van der Waals surface area contributed by atoms with Crippen molar-refractivity contribution >= 4 is 23.1 Å². The topological polar surface area (TPSA) is 156 Å². The van der Waals surface area contributed by atoms with E-state index in [-0.39, 0.29) is 23.0 Å². The maximum absolute atomic E-state index is 14.5. The third-order valence-electron chi connectivity index (χ3n) is 6.22. The number of pyridine rings is 1. The van der Waals surface area contributed by atoms with Crippen molar-refractivity contribution in [1.29, 1.82) is 0 Å². The first kappa shape index (κ1) is 24.1. The fourth-order valence-electron chi connectivity index (χ4n) is 3.89. The molecule has 37 heavy (non-hydrogen) atoms. The molecule has 2 aromatic heterocycles. The molecule has 0 saturated heterocycles. The first-order valence-electron chi connectivity index (χ1n) is 11.5. The van der Waals surface area contributed by atoms with E-state index in [4.69, 9.17) is 16.1 Å². The van der Waals surface area contributed by atoms with Crippen molar-refractivity contribution in [1.82, 2.24) is 20.4 Å². The smallest absolute Gasteiger partial charge is 0.323 e. The molecular formula is C26H24FN7O3. The number of nitrogens with two attached hydrogens (primary N) is 2. The first-order chi connectivity index (χ1) is 17.9. The number of hydrogen-bond donors (Lipinski definition) is 4. The molecule has 0 bridgehead atoms. The molecule has 2 heterocycles. The first-order valence-corrected chi connectivity index (χ1v) is 11.5. The van der Waals surface area contributed by atoms with Gasteiger partial charge in [0.2, 0.25) is 5.82 Å². The number of aromatic nitrogens is 3. The number of nitrogens with zero attached hydrogens (tertiary/aromatic N) is 4. The molecule has 1 aliphatic rings. The number of anilines is 1. The summed E-state index contributed by atoms with van der Waals surface area (Å²) in [7, 11) is 0. The lowest BCUT2D eigenvalue weighted by Crippen LogP contribution is -2.38. The molecule has 1 fully saturated rings. The second-order valence-electron chi connectivity index (χ2n) is 8.68. The van der Waals surface area contributed by atoms with Gasteiger partial charge >= 0.3 is 5.97 Å². The number of para-hydroxylation sites is 1. The molecule has 0 radical (unpaired) electrons. The third-order valence-corrected chi connectivity index (χ3v) is 6.22. The maximum Gasteiger partial charge on any atom is 0.323 e. The summed E-state index contributed by atoms with van der Waals surface area (Å²) in [5.41, 5.74) is 8.23. The van der Waals surface area contributed by atoms with E-state index in [0.717, 1.165) is 10.6 Å². The Labute approximate surface area is 211 Å². The van der Waals surface area contributed by atoms with E-state index in [9.17, 15) is 14.3 Å². The number of rotatable bonds is 9. The van der Waals surface area contributed by atoms with Gasteiger partial charge in [-0.2, -0.15) is 4.98 Å². The van der Waals surface area contributed by atoms with E-state index >= 15 is 0 Å². The number of nitrogens with one attached hydrogen (secondary N) is 1. The second-order valence-corrected chi connectivity index (χ2v) is 8.68. The van der Waals surface area contributed by atoms with Crippen LogP contribution in [0.2, 0.25) is 0 Å². The number of carboxylic acids is 1. The van der Waals surface area contributed by atoms with Gasteiger partial charge in [-0.25, -0.2) is 10.2 Å².